The van der Waals surface area contributed by atoms with Gasteiger partial charge in [-0.2, -0.15) is 5.10 Å². The summed E-state index contributed by atoms with van der Waals surface area (Å²) in [6.45, 7) is 13.9. The van der Waals surface area contributed by atoms with Crippen LogP contribution in [-0.4, -0.2) is 119 Å². The number of piperidine rings is 2. The average molecular weight is 675 g/mol. The van der Waals surface area contributed by atoms with Gasteiger partial charge in [0.25, 0.3) is 11.5 Å². The van der Waals surface area contributed by atoms with E-state index >= 15 is 0 Å². The number of hydrogen-bond donors (Lipinski definition) is 1. The van der Waals surface area contributed by atoms with Crippen molar-refractivity contribution in [1.29, 1.82) is 0 Å². The number of nitrogens with zero attached hydrogens (tertiary/aromatic N) is 5. The molecule has 3 aliphatic heterocycles. The minimum absolute atomic E-state index is 0.00202. The van der Waals surface area contributed by atoms with Crippen LogP contribution in [0.3, 0.4) is 0 Å². The number of rotatable bonds is 9. The summed E-state index contributed by atoms with van der Waals surface area (Å²) in [7, 11) is 0. The molecule has 3 saturated heterocycles. The van der Waals surface area contributed by atoms with Crippen molar-refractivity contribution in [1.82, 2.24) is 29.8 Å². The summed E-state index contributed by atoms with van der Waals surface area (Å²) >= 11 is 0. The van der Waals surface area contributed by atoms with Crippen LogP contribution in [0.15, 0.2) is 47.3 Å². The zero-order valence-electron chi connectivity index (χ0n) is 29.3. The third-order valence-corrected chi connectivity index (χ3v) is 10.3. The molecule has 3 aromatic rings. The van der Waals surface area contributed by atoms with Gasteiger partial charge in [0.05, 0.1) is 35.4 Å². The maximum Gasteiger partial charge on any atom is 0.272 e. The van der Waals surface area contributed by atoms with Crippen molar-refractivity contribution < 1.29 is 18.7 Å². The highest BCUT2D eigenvalue weighted by Crippen LogP contribution is 2.24. The molecule has 0 atom stereocenters. The smallest absolute Gasteiger partial charge is 0.272 e. The van der Waals surface area contributed by atoms with Gasteiger partial charge in [-0.15, -0.1) is 0 Å². The van der Waals surface area contributed by atoms with Gasteiger partial charge in [-0.25, -0.2) is 9.49 Å². The van der Waals surface area contributed by atoms with Crippen molar-refractivity contribution in [3.8, 4) is 0 Å². The van der Waals surface area contributed by atoms with Gasteiger partial charge in [0.2, 0.25) is 5.91 Å². The fourth-order valence-electron chi connectivity index (χ4n) is 7.20. The Hall–Kier alpha value is -3.67. The predicted molar refractivity (Wildman–Crippen MR) is 188 cm³/mol. The lowest BCUT2D eigenvalue weighted by Crippen LogP contribution is -2.53. The summed E-state index contributed by atoms with van der Waals surface area (Å²) in [4.78, 5) is 47.0. The molecular weight excluding hydrogens is 623 g/mol. The lowest BCUT2D eigenvalue weighted by Gasteiger charge is -2.39. The molecule has 3 fully saturated rings. The number of halogens is 1. The van der Waals surface area contributed by atoms with E-state index in [2.05, 4.69) is 40.8 Å². The Kier molecular flexibility index (Phi) is 11.1. The number of piperazine rings is 1. The van der Waals surface area contributed by atoms with Gasteiger partial charge >= 0.3 is 0 Å². The number of benzene rings is 2. The molecule has 0 saturated carbocycles. The normalized spacial score (nSPS) is 19.1. The number of hydrogen-bond acceptors (Lipinski definition) is 7. The molecule has 1 aromatic heterocycles. The molecule has 10 nitrogen and oxygen atoms in total. The summed E-state index contributed by atoms with van der Waals surface area (Å²) < 4.78 is 21.4. The number of aromatic amines is 1. The summed E-state index contributed by atoms with van der Waals surface area (Å²) in [6, 6.07) is 11.7. The third-order valence-electron chi connectivity index (χ3n) is 10.3. The molecule has 4 heterocycles. The average Bonchev–Trinajstić information content (AvgIpc) is 3.10. The van der Waals surface area contributed by atoms with Gasteiger partial charge in [0.15, 0.2) is 0 Å². The Balaban J connectivity index is 0.935. The topological polar surface area (TPSA) is 102 Å². The Labute approximate surface area is 288 Å². The van der Waals surface area contributed by atoms with Gasteiger partial charge in [-0.3, -0.25) is 19.3 Å². The predicted octanol–water partition coefficient (Wildman–Crippen LogP) is 4.32. The van der Waals surface area contributed by atoms with Crippen LogP contribution in [-0.2, 0) is 16.0 Å². The molecule has 264 valence electrons. The van der Waals surface area contributed by atoms with Crippen LogP contribution in [0.2, 0.25) is 0 Å². The van der Waals surface area contributed by atoms with E-state index in [1.807, 2.05) is 17.0 Å². The first-order chi connectivity index (χ1) is 23.5. The van der Waals surface area contributed by atoms with Crippen LogP contribution in [0.5, 0.6) is 0 Å². The summed E-state index contributed by atoms with van der Waals surface area (Å²) in [5.74, 6) is -0.897. The van der Waals surface area contributed by atoms with Gasteiger partial charge in [-0.1, -0.05) is 45.0 Å². The van der Waals surface area contributed by atoms with Crippen molar-refractivity contribution in [3.05, 3.63) is 75.5 Å². The highest BCUT2D eigenvalue weighted by atomic mass is 19.1. The van der Waals surface area contributed by atoms with Crippen molar-refractivity contribution >= 4 is 22.6 Å². The number of aromatic nitrogens is 2. The van der Waals surface area contributed by atoms with E-state index in [9.17, 15) is 18.8 Å². The molecule has 2 aromatic carbocycles. The zero-order valence-corrected chi connectivity index (χ0v) is 29.3. The van der Waals surface area contributed by atoms with Crippen LogP contribution in [0.4, 0.5) is 4.39 Å². The number of ether oxygens (including phenoxy) is 1. The van der Waals surface area contributed by atoms with Gasteiger partial charge in [0, 0.05) is 64.2 Å². The van der Waals surface area contributed by atoms with Crippen LogP contribution < -0.4 is 5.56 Å². The fraction of sp³-hybridized carbons (Fsp3) is 0.579. The molecule has 0 radical (unpaired) electrons. The first-order valence-electron chi connectivity index (χ1n) is 17.9. The highest BCUT2D eigenvalue weighted by Gasteiger charge is 2.30. The first-order valence-corrected chi connectivity index (χ1v) is 17.9. The Morgan fingerprint density at radius 2 is 1.47 bits per heavy atom. The lowest BCUT2D eigenvalue weighted by atomic mass is 9.91. The van der Waals surface area contributed by atoms with Crippen LogP contribution >= 0.6 is 0 Å². The maximum atomic E-state index is 14.9. The van der Waals surface area contributed by atoms with Crippen molar-refractivity contribution in [2.75, 3.05) is 65.4 Å². The molecule has 0 spiro atoms. The SMILES string of the molecule is CC(C)(C)CCN1CCC(OC2CCN(CC(=O)N3CCN(C(=O)c4cc(Cc5n[nH]c(=O)c6ccccc56)ccc4F)CC3)CC2)CC1. The molecule has 3 aliphatic rings. The number of carbonyl (C=O) groups is 2. The largest absolute Gasteiger partial charge is 0.375 e. The number of likely N-dealkylation sites (tertiary alicyclic amines) is 2. The van der Waals surface area contributed by atoms with Crippen molar-refractivity contribution in [2.24, 2.45) is 5.41 Å². The monoisotopic (exact) mass is 674 g/mol. The minimum atomic E-state index is -0.583. The standard InChI is InChI=1S/C38H51FN6O4/c1-38(2,3)14-19-42-15-10-28(11-16-42)49-29-12-17-43(18-13-29)26-35(46)44-20-22-45(23-21-44)37(48)32-24-27(8-9-33(32)39)25-34-30-6-4-5-7-31(30)36(47)41-40-34/h4-9,24,28-29H,10-23,25-26H2,1-3H3,(H,41,47). The Morgan fingerprint density at radius 3 is 2.12 bits per heavy atom. The van der Waals surface area contributed by atoms with Crippen molar-refractivity contribution in [2.45, 2.75) is 71.5 Å². The summed E-state index contributed by atoms with van der Waals surface area (Å²) in [5.41, 5.74) is 1.47. The number of amides is 2. The quantitative estimate of drug-likeness (QED) is 0.361. The second-order valence-corrected chi connectivity index (χ2v) is 15.2. The molecule has 0 unspecified atom stereocenters. The van der Waals surface area contributed by atoms with Gasteiger partial charge in [-0.05, 0) is 67.8 Å². The molecule has 2 amide bonds. The van der Waals surface area contributed by atoms with E-state index in [1.165, 1.54) is 12.5 Å². The number of H-pyrrole nitrogens is 1. The lowest BCUT2D eigenvalue weighted by molar-refractivity contribution is -0.135. The molecule has 1 N–H and O–H groups in total. The van der Waals surface area contributed by atoms with E-state index in [0.29, 0.717) is 61.7 Å². The zero-order chi connectivity index (χ0) is 34.5. The fourth-order valence-corrected chi connectivity index (χ4v) is 7.20. The van der Waals surface area contributed by atoms with Crippen molar-refractivity contribution in [3.63, 3.8) is 0 Å². The number of nitrogens with one attached hydrogen (secondary N) is 1. The second-order valence-electron chi connectivity index (χ2n) is 15.2. The second kappa shape index (κ2) is 15.5. The van der Waals surface area contributed by atoms with E-state index in [1.54, 1.807) is 29.2 Å². The molecular formula is C38H51FN6O4. The molecule has 0 aliphatic carbocycles. The van der Waals surface area contributed by atoms with E-state index in [0.717, 1.165) is 69.4 Å². The highest BCUT2D eigenvalue weighted by molar-refractivity contribution is 5.95. The van der Waals surface area contributed by atoms with E-state index < -0.39 is 5.82 Å². The van der Waals surface area contributed by atoms with Gasteiger partial charge < -0.3 is 19.4 Å². The van der Waals surface area contributed by atoms with Crippen LogP contribution in [0.25, 0.3) is 10.8 Å². The molecule has 49 heavy (non-hydrogen) atoms. The number of carbonyl (C=O) groups excluding carboxylic acids is 2. The molecule has 6 rings (SSSR count). The Bertz CT molecular complexity index is 1660. The molecule has 0 bridgehead atoms. The summed E-state index contributed by atoms with van der Waals surface area (Å²) in [6.07, 6.45) is 6.24. The molecule has 11 heteroatoms. The van der Waals surface area contributed by atoms with Gasteiger partial charge in [0.1, 0.15) is 5.82 Å². The third kappa shape index (κ3) is 9.12. The first kappa shape index (κ1) is 35.2. The summed E-state index contributed by atoms with van der Waals surface area (Å²) in [5, 5.41) is 8.01. The number of fused-ring (bicyclic) bond motifs is 1. The van der Waals surface area contributed by atoms with E-state index in [4.69, 9.17) is 4.74 Å². The Morgan fingerprint density at radius 1 is 0.857 bits per heavy atom. The van der Waals surface area contributed by atoms with E-state index in [-0.39, 0.29) is 29.0 Å². The van der Waals surface area contributed by atoms with Crippen LogP contribution in [0, 0.1) is 11.2 Å². The minimum Gasteiger partial charge on any atom is -0.375 e. The maximum absolute atomic E-state index is 14.9. The van der Waals surface area contributed by atoms with Crippen LogP contribution in [0.1, 0.15) is 74.5 Å².